The fourth-order valence-electron chi connectivity index (χ4n) is 1.36. The van der Waals surface area contributed by atoms with E-state index in [1.54, 1.807) is 25.3 Å². The van der Waals surface area contributed by atoms with Gasteiger partial charge in [-0.3, -0.25) is 4.79 Å². The quantitative estimate of drug-likeness (QED) is 0.405. The minimum absolute atomic E-state index is 0.112. The number of carbonyl (C=O) groups excluding carboxylic acids is 1. The van der Waals surface area contributed by atoms with Gasteiger partial charge in [0.1, 0.15) is 0 Å². The van der Waals surface area contributed by atoms with Gasteiger partial charge < -0.3 is 16.4 Å². The van der Waals surface area contributed by atoms with E-state index in [0.717, 1.165) is 5.56 Å². The Bertz CT molecular complexity index is 454. The van der Waals surface area contributed by atoms with Gasteiger partial charge in [0.05, 0.1) is 6.54 Å². The third-order valence-electron chi connectivity index (χ3n) is 2.28. The summed E-state index contributed by atoms with van der Waals surface area (Å²) in [7, 11) is 1.60. The summed E-state index contributed by atoms with van der Waals surface area (Å²) in [5.41, 5.74) is 7.19. The normalized spacial score (nSPS) is 10.8. The minimum Gasteiger partial charge on any atom is -0.370 e. The Morgan fingerprint density at radius 3 is 3.00 bits per heavy atom. The molecule has 1 amide bonds. The van der Waals surface area contributed by atoms with Gasteiger partial charge in [-0.05, 0) is 17.7 Å². The van der Waals surface area contributed by atoms with E-state index in [-0.39, 0.29) is 5.91 Å². The van der Waals surface area contributed by atoms with Crippen LogP contribution in [0.3, 0.4) is 0 Å². The fraction of sp³-hybridized carbons (Fsp3) is 0.231. The number of guanidine groups is 1. The number of aliphatic imine (C=N–C) groups is 1. The van der Waals surface area contributed by atoms with Crippen LogP contribution in [0.25, 0.3) is 0 Å². The minimum atomic E-state index is -0.112. The average molecular weight is 246 g/mol. The zero-order valence-corrected chi connectivity index (χ0v) is 10.4. The maximum Gasteiger partial charge on any atom is 0.251 e. The molecule has 0 atom stereocenters. The first-order chi connectivity index (χ1) is 8.67. The Hall–Kier alpha value is -2.30. The summed E-state index contributed by atoms with van der Waals surface area (Å²) in [5.74, 6) is 0.249. The van der Waals surface area contributed by atoms with Gasteiger partial charge >= 0.3 is 0 Å². The van der Waals surface area contributed by atoms with Crippen molar-refractivity contribution in [2.24, 2.45) is 10.7 Å². The van der Waals surface area contributed by atoms with Crippen molar-refractivity contribution in [3.8, 4) is 0 Å². The van der Waals surface area contributed by atoms with E-state index >= 15 is 0 Å². The van der Waals surface area contributed by atoms with Gasteiger partial charge in [0.15, 0.2) is 5.96 Å². The Labute approximate surface area is 107 Å². The van der Waals surface area contributed by atoms with Crippen LogP contribution >= 0.6 is 0 Å². The van der Waals surface area contributed by atoms with Gasteiger partial charge in [-0.15, -0.1) is 6.58 Å². The SMILES string of the molecule is C=CCNC(N)=NCc1cccc(C(=O)NC)c1. The predicted molar refractivity (Wildman–Crippen MR) is 73.4 cm³/mol. The van der Waals surface area contributed by atoms with Crippen LogP contribution < -0.4 is 16.4 Å². The van der Waals surface area contributed by atoms with E-state index in [4.69, 9.17) is 5.73 Å². The first-order valence-electron chi connectivity index (χ1n) is 5.63. The van der Waals surface area contributed by atoms with Crippen LogP contribution in [0.15, 0.2) is 41.9 Å². The van der Waals surface area contributed by atoms with Crippen LogP contribution in [0.5, 0.6) is 0 Å². The van der Waals surface area contributed by atoms with E-state index in [1.165, 1.54) is 0 Å². The highest BCUT2D eigenvalue weighted by Crippen LogP contribution is 2.06. The third kappa shape index (κ3) is 4.29. The molecule has 0 saturated carbocycles. The number of rotatable bonds is 5. The highest BCUT2D eigenvalue weighted by molar-refractivity contribution is 5.94. The lowest BCUT2D eigenvalue weighted by molar-refractivity contribution is 0.0963. The van der Waals surface area contributed by atoms with Crippen LogP contribution in [0.4, 0.5) is 0 Å². The second kappa shape index (κ2) is 7.11. The summed E-state index contributed by atoms with van der Waals surface area (Å²) < 4.78 is 0. The van der Waals surface area contributed by atoms with Crippen LogP contribution in [-0.2, 0) is 6.54 Å². The van der Waals surface area contributed by atoms with Crippen LogP contribution in [0, 0.1) is 0 Å². The Kier molecular flexibility index (Phi) is 5.44. The molecular weight excluding hydrogens is 228 g/mol. The lowest BCUT2D eigenvalue weighted by Crippen LogP contribution is -2.31. The molecule has 0 bridgehead atoms. The molecule has 0 radical (unpaired) electrons. The second-order valence-electron chi connectivity index (χ2n) is 3.65. The highest BCUT2D eigenvalue weighted by atomic mass is 16.1. The molecule has 5 nitrogen and oxygen atoms in total. The number of nitrogens with one attached hydrogen (secondary N) is 2. The van der Waals surface area contributed by atoms with Crippen molar-refractivity contribution in [2.75, 3.05) is 13.6 Å². The Morgan fingerprint density at radius 2 is 2.33 bits per heavy atom. The molecule has 0 unspecified atom stereocenters. The van der Waals surface area contributed by atoms with E-state index in [2.05, 4.69) is 22.2 Å². The molecule has 0 aliphatic rings. The van der Waals surface area contributed by atoms with Crippen molar-refractivity contribution >= 4 is 11.9 Å². The number of carbonyl (C=O) groups is 1. The highest BCUT2D eigenvalue weighted by Gasteiger charge is 2.03. The number of nitrogens with two attached hydrogens (primary N) is 1. The number of hydrogen-bond acceptors (Lipinski definition) is 2. The molecular formula is C13H18N4O. The van der Waals surface area contributed by atoms with Gasteiger partial charge in [-0.25, -0.2) is 4.99 Å². The van der Waals surface area contributed by atoms with Crippen molar-refractivity contribution in [3.63, 3.8) is 0 Å². The summed E-state index contributed by atoms with van der Waals surface area (Å²) in [6.45, 7) is 4.58. The molecule has 5 heteroatoms. The maximum atomic E-state index is 11.5. The van der Waals surface area contributed by atoms with Crippen molar-refractivity contribution in [2.45, 2.75) is 6.54 Å². The zero-order chi connectivity index (χ0) is 13.4. The van der Waals surface area contributed by atoms with Gasteiger partial charge in [0.2, 0.25) is 0 Å². The molecule has 0 fully saturated rings. The standard InChI is InChI=1S/C13H18N4O/c1-3-7-16-13(14)17-9-10-5-4-6-11(8-10)12(18)15-2/h3-6,8H,1,7,9H2,2H3,(H,15,18)(H3,14,16,17). The molecule has 0 aliphatic carbocycles. The molecule has 0 saturated heterocycles. The molecule has 0 spiro atoms. The maximum absolute atomic E-state index is 11.5. The van der Waals surface area contributed by atoms with Gasteiger partial charge in [0, 0.05) is 19.2 Å². The van der Waals surface area contributed by atoms with Crippen LogP contribution in [0.1, 0.15) is 15.9 Å². The lowest BCUT2D eigenvalue weighted by atomic mass is 10.1. The number of hydrogen-bond donors (Lipinski definition) is 3. The monoisotopic (exact) mass is 246 g/mol. The van der Waals surface area contributed by atoms with E-state index in [9.17, 15) is 4.79 Å². The van der Waals surface area contributed by atoms with Crippen molar-refractivity contribution in [3.05, 3.63) is 48.0 Å². The third-order valence-corrected chi connectivity index (χ3v) is 2.28. The smallest absolute Gasteiger partial charge is 0.251 e. The predicted octanol–water partition coefficient (Wildman–Crippen LogP) is 0.636. The van der Waals surface area contributed by atoms with Crippen LogP contribution in [0.2, 0.25) is 0 Å². The number of amides is 1. The first kappa shape index (κ1) is 13.8. The van der Waals surface area contributed by atoms with Gasteiger partial charge in [0.25, 0.3) is 5.91 Å². The van der Waals surface area contributed by atoms with Gasteiger partial charge in [-0.2, -0.15) is 0 Å². The molecule has 0 aromatic heterocycles. The fourth-order valence-corrected chi connectivity index (χ4v) is 1.36. The molecule has 0 aliphatic heterocycles. The van der Waals surface area contributed by atoms with Gasteiger partial charge in [-0.1, -0.05) is 18.2 Å². The summed E-state index contributed by atoms with van der Waals surface area (Å²) in [4.78, 5) is 15.6. The summed E-state index contributed by atoms with van der Waals surface area (Å²) in [6, 6.07) is 7.27. The molecule has 18 heavy (non-hydrogen) atoms. The Morgan fingerprint density at radius 1 is 1.56 bits per heavy atom. The second-order valence-corrected chi connectivity index (χ2v) is 3.65. The molecule has 4 N–H and O–H groups in total. The number of benzene rings is 1. The first-order valence-corrected chi connectivity index (χ1v) is 5.63. The van der Waals surface area contributed by atoms with E-state index in [1.807, 2.05) is 12.1 Å². The van der Waals surface area contributed by atoms with E-state index < -0.39 is 0 Å². The largest absolute Gasteiger partial charge is 0.370 e. The summed E-state index contributed by atoms with van der Waals surface area (Å²) in [5, 5.41) is 5.46. The van der Waals surface area contributed by atoms with Crippen LogP contribution in [-0.4, -0.2) is 25.5 Å². The molecule has 96 valence electrons. The van der Waals surface area contributed by atoms with E-state index in [0.29, 0.717) is 24.6 Å². The van der Waals surface area contributed by atoms with Crippen molar-refractivity contribution < 1.29 is 4.79 Å². The zero-order valence-electron chi connectivity index (χ0n) is 10.4. The molecule has 1 rings (SSSR count). The lowest BCUT2D eigenvalue weighted by Gasteiger charge is -2.04. The Balaban J connectivity index is 2.67. The average Bonchev–Trinajstić information content (AvgIpc) is 2.42. The molecule has 0 heterocycles. The summed E-state index contributed by atoms with van der Waals surface area (Å²) in [6.07, 6.45) is 1.70. The van der Waals surface area contributed by atoms with Crippen molar-refractivity contribution in [1.82, 2.24) is 10.6 Å². The molecule has 1 aromatic carbocycles. The number of nitrogens with zero attached hydrogens (tertiary/aromatic N) is 1. The molecule has 1 aromatic rings. The topological polar surface area (TPSA) is 79.5 Å². The van der Waals surface area contributed by atoms with Crippen molar-refractivity contribution in [1.29, 1.82) is 0 Å². The summed E-state index contributed by atoms with van der Waals surface area (Å²) >= 11 is 0.